The van der Waals surface area contributed by atoms with Gasteiger partial charge in [-0.1, -0.05) is 0 Å². The fourth-order valence-electron chi connectivity index (χ4n) is 4.36. The average Bonchev–Trinajstić information content (AvgIpc) is 3.44. The van der Waals surface area contributed by atoms with Crippen molar-refractivity contribution in [3.05, 3.63) is 64.5 Å². The van der Waals surface area contributed by atoms with Gasteiger partial charge in [0, 0.05) is 23.4 Å². The molecule has 9 nitrogen and oxygen atoms in total. The largest absolute Gasteiger partial charge is 0.586 e. The van der Waals surface area contributed by atoms with E-state index in [1.165, 1.54) is 23.1 Å². The Hall–Kier alpha value is -4.56. The first-order valence-corrected chi connectivity index (χ1v) is 11.4. The maximum Gasteiger partial charge on any atom is 0.586 e. The first kappa shape index (κ1) is 24.8. The first-order valence-electron chi connectivity index (χ1n) is 11.4. The molecule has 2 aromatic carbocycles. The van der Waals surface area contributed by atoms with Crippen molar-refractivity contribution in [1.29, 1.82) is 0 Å². The summed E-state index contributed by atoms with van der Waals surface area (Å²) in [7, 11) is 0. The molecule has 3 heterocycles. The molecule has 0 atom stereocenters. The Morgan fingerprint density at radius 1 is 1.13 bits per heavy atom. The number of ether oxygens (including phenoxy) is 2. The van der Waals surface area contributed by atoms with Crippen molar-refractivity contribution in [3.63, 3.8) is 0 Å². The Morgan fingerprint density at radius 2 is 1.87 bits per heavy atom. The third-order valence-electron chi connectivity index (χ3n) is 6.16. The minimum absolute atomic E-state index is 0.0434. The topological polar surface area (TPSA) is 102 Å². The van der Waals surface area contributed by atoms with Crippen molar-refractivity contribution in [2.45, 2.75) is 37.9 Å². The summed E-state index contributed by atoms with van der Waals surface area (Å²) in [5.74, 6) is -2.34. The van der Waals surface area contributed by atoms with Gasteiger partial charge in [-0.3, -0.25) is 9.59 Å². The van der Waals surface area contributed by atoms with E-state index in [1.54, 1.807) is 0 Å². The fraction of sp³-hybridized carbons (Fsp3) is 0.250. The molecular weight excluding hydrogens is 536 g/mol. The highest BCUT2D eigenvalue weighted by atomic mass is 19.4. The van der Waals surface area contributed by atoms with Crippen LogP contribution in [0, 0.1) is 5.82 Å². The molecule has 39 heavy (non-hydrogen) atoms. The molecule has 4 aromatic rings. The van der Waals surface area contributed by atoms with E-state index in [1.807, 2.05) is 0 Å². The minimum Gasteiger partial charge on any atom is -0.395 e. The number of nitrogens with zero attached hydrogens (tertiary/aromatic N) is 4. The van der Waals surface area contributed by atoms with E-state index in [0.717, 1.165) is 17.1 Å². The van der Waals surface area contributed by atoms with Gasteiger partial charge in [0.1, 0.15) is 18.1 Å². The number of hydrogen-bond acceptors (Lipinski definition) is 6. The lowest BCUT2D eigenvalue weighted by Crippen LogP contribution is -2.39. The monoisotopic (exact) mass is 551 g/mol. The number of rotatable bonds is 5. The van der Waals surface area contributed by atoms with Crippen molar-refractivity contribution in [2.75, 3.05) is 4.90 Å². The number of H-pyrrole nitrogens is 1. The number of nitrogens with one attached hydrogen (secondary N) is 1. The van der Waals surface area contributed by atoms with Crippen LogP contribution in [0.15, 0.2) is 47.5 Å². The lowest BCUT2D eigenvalue weighted by Gasteiger charge is -2.23. The molecule has 2 aliphatic rings. The molecule has 1 fully saturated rings. The lowest BCUT2D eigenvalue weighted by atomic mass is 10.1. The number of aromatic nitrogens is 4. The van der Waals surface area contributed by atoms with Crippen molar-refractivity contribution in [2.24, 2.45) is 0 Å². The number of imidazole rings is 1. The molecule has 1 amide bonds. The van der Waals surface area contributed by atoms with Gasteiger partial charge < -0.3 is 19.4 Å². The van der Waals surface area contributed by atoms with Crippen LogP contribution in [0.4, 0.5) is 32.0 Å². The highest BCUT2D eigenvalue weighted by Crippen LogP contribution is 2.44. The maximum absolute atomic E-state index is 14.1. The van der Waals surface area contributed by atoms with Crippen LogP contribution in [-0.2, 0) is 17.5 Å². The van der Waals surface area contributed by atoms with E-state index in [4.69, 9.17) is 0 Å². The van der Waals surface area contributed by atoms with E-state index >= 15 is 0 Å². The number of hydrogen-bond donors (Lipinski definition) is 1. The van der Waals surface area contributed by atoms with Gasteiger partial charge in [-0.25, -0.2) is 14.1 Å². The number of fused-ring (bicyclic) bond motifs is 2. The van der Waals surface area contributed by atoms with Gasteiger partial charge in [-0.2, -0.15) is 18.3 Å². The molecule has 0 spiro atoms. The SMILES string of the molecule is O=C(Cn1nc(-c2cc(F)cc(C(F)(F)F)c2)c2[nH]cnc2c1=O)N(c1ccc2c(c1)OC(F)(F)O2)C1CC1. The second kappa shape index (κ2) is 8.47. The lowest BCUT2D eigenvalue weighted by molar-refractivity contribution is -0.286. The summed E-state index contributed by atoms with van der Waals surface area (Å²) in [6.45, 7) is -0.669. The zero-order valence-electron chi connectivity index (χ0n) is 19.4. The number of benzene rings is 2. The maximum atomic E-state index is 14.1. The quantitative estimate of drug-likeness (QED) is 0.368. The fourth-order valence-corrected chi connectivity index (χ4v) is 4.36. The van der Waals surface area contributed by atoms with Gasteiger partial charge in [0.15, 0.2) is 17.0 Å². The molecule has 0 bridgehead atoms. The molecule has 0 saturated heterocycles. The zero-order valence-corrected chi connectivity index (χ0v) is 19.4. The van der Waals surface area contributed by atoms with Crippen molar-refractivity contribution < 1.29 is 40.6 Å². The number of aromatic amines is 1. The van der Waals surface area contributed by atoms with Crippen LogP contribution >= 0.6 is 0 Å². The number of anilines is 1. The molecule has 1 N–H and O–H groups in total. The van der Waals surface area contributed by atoms with Crippen LogP contribution < -0.4 is 19.9 Å². The summed E-state index contributed by atoms with van der Waals surface area (Å²) in [5, 5.41) is 4.09. The standard InChI is InChI=1S/C24H15F6N5O4/c25-13-6-11(5-12(7-13)23(26,27)28)19-20-21(32-10-31-20)22(37)34(33-19)9-18(36)35(14-1-2-14)15-3-4-16-17(8-15)39-24(29,30)38-16/h3-8,10,14H,1-2,9H2,(H,31,32). The van der Waals surface area contributed by atoms with E-state index in [2.05, 4.69) is 24.5 Å². The Bertz CT molecular complexity index is 1690. The molecule has 2 aromatic heterocycles. The summed E-state index contributed by atoms with van der Waals surface area (Å²) in [6, 6.07) is 5.31. The first-order chi connectivity index (χ1) is 18.4. The Kier molecular flexibility index (Phi) is 5.38. The average molecular weight is 551 g/mol. The Labute approximate surface area is 213 Å². The molecule has 0 unspecified atom stereocenters. The number of carbonyl (C=O) groups is 1. The molecule has 1 aliphatic heterocycles. The summed E-state index contributed by atoms with van der Waals surface area (Å²) in [5.41, 5.74) is -2.69. The van der Waals surface area contributed by atoms with Crippen molar-refractivity contribution >= 4 is 22.6 Å². The van der Waals surface area contributed by atoms with Crippen LogP contribution in [0.25, 0.3) is 22.3 Å². The number of halogens is 6. The number of carbonyl (C=O) groups excluding carboxylic acids is 1. The minimum atomic E-state index is -4.85. The van der Waals surface area contributed by atoms with Crippen molar-refractivity contribution in [3.8, 4) is 22.8 Å². The second-order valence-corrected chi connectivity index (χ2v) is 8.96. The molecule has 0 radical (unpaired) electrons. The molecular formula is C24H15F6N5O4. The van der Waals surface area contributed by atoms with Gasteiger partial charge in [-0.05, 0) is 43.2 Å². The van der Waals surface area contributed by atoms with Gasteiger partial charge in [0.25, 0.3) is 5.56 Å². The zero-order chi connectivity index (χ0) is 27.7. The smallest absolute Gasteiger partial charge is 0.395 e. The van der Waals surface area contributed by atoms with Crippen molar-refractivity contribution in [1.82, 2.24) is 19.7 Å². The Morgan fingerprint density at radius 3 is 2.59 bits per heavy atom. The summed E-state index contributed by atoms with van der Waals surface area (Å²) < 4.78 is 90.6. The van der Waals surface area contributed by atoms with Crippen LogP contribution in [0.5, 0.6) is 11.5 Å². The van der Waals surface area contributed by atoms with Crippen LogP contribution in [-0.4, -0.2) is 38.0 Å². The number of alkyl halides is 5. The van der Waals surface area contributed by atoms with E-state index in [9.17, 15) is 35.9 Å². The van der Waals surface area contributed by atoms with Gasteiger partial charge >= 0.3 is 12.5 Å². The summed E-state index contributed by atoms with van der Waals surface area (Å²) >= 11 is 0. The van der Waals surface area contributed by atoms with E-state index < -0.39 is 41.9 Å². The Balaban J connectivity index is 1.39. The molecule has 202 valence electrons. The molecule has 6 rings (SSSR count). The normalized spacial score (nSPS) is 16.1. The van der Waals surface area contributed by atoms with Crippen LogP contribution in [0.3, 0.4) is 0 Å². The van der Waals surface area contributed by atoms with E-state index in [0.29, 0.717) is 25.0 Å². The molecule has 1 saturated carbocycles. The molecule has 15 heteroatoms. The summed E-state index contributed by atoms with van der Waals surface area (Å²) in [4.78, 5) is 34.3. The third-order valence-corrected chi connectivity index (χ3v) is 6.16. The number of amides is 1. The highest BCUT2D eigenvalue weighted by Gasteiger charge is 2.44. The third kappa shape index (κ3) is 4.53. The van der Waals surface area contributed by atoms with Gasteiger partial charge in [-0.15, -0.1) is 8.78 Å². The molecule has 1 aliphatic carbocycles. The predicted molar refractivity (Wildman–Crippen MR) is 122 cm³/mol. The van der Waals surface area contributed by atoms with Gasteiger partial charge in [0.05, 0.1) is 17.4 Å². The second-order valence-electron chi connectivity index (χ2n) is 8.96. The van der Waals surface area contributed by atoms with Crippen LogP contribution in [0.1, 0.15) is 18.4 Å². The van der Waals surface area contributed by atoms with Gasteiger partial charge in [0.2, 0.25) is 5.91 Å². The predicted octanol–water partition coefficient (Wildman–Crippen LogP) is 4.46. The van der Waals surface area contributed by atoms with Crippen LogP contribution in [0.2, 0.25) is 0 Å². The highest BCUT2D eigenvalue weighted by molar-refractivity contribution is 5.95. The summed E-state index contributed by atoms with van der Waals surface area (Å²) in [6.07, 6.45) is -6.39. The van der Waals surface area contributed by atoms with E-state index in [-0.39, 0.29) is 45.5 Å².